The molecule has 2 N–H and O–H groups in total. The van der Waals surface area contributed by atoms with Crippen molar-refractivity contribution in [2.24, 2.45) is 17.6 Å². The number of hydrogen-bond acceptors (Lipinski definition) is 2. The Hall–Kier alpha value is 0.310. The predicted octanol–water partition coefficient (Wildman–Crippen LogP) is 1.09. The molecule has 0 aromatic heterocycles. The molecule has 0 bridgehead atoms. The van der Waals surface area contributed by atoms with Crippen molar-refractivity contribution in [2.75, 3.05) is 11.5 Å². The normalized spacial score (nSPS) is 49.7. The maximum atomic E-state index is 5.82. The molecule has 0 spiro atoms. The van der Waals surface area contributed by atoms with Gasteiger partial charge in [0.2, 0.25) is 0 Å². The number of fused-ring (bicyclic) bond motifs is 1. The molecule has 9 heavy (non-hydrogen) atoms. The summed E-state index contributed by atoms with van der Waals surface area (Å²) in [5.41, 5.74) is 5.82. The lowest BCUT2D eigenvalue weighted by molar-refractivity contribution is 0.494. The number of rotatable bonds is 0. The Bertz CT molecular complexity index is 103. The minimum absolute atomic E-state index is 0.542. The standard InChI is InChI=1S/C7H13NS/c8-7-1-5-3-9-4-6(5)2-7/h5-7H,1-4,8H2/t5-,6+,7+. The largest absolute Gasteiger partial charge is 0.328 e. The summed E-state index contributed by atoms with van der Waals surface area (Å²) in [5, 5.41) is 0. The summed E-state index contributed by atoms with van der Waals surface area (Å²) in [6.45, 7) is 0. The molecule has 1 saturated carbocycles. The zero-order chi connectivity index (χ0) is 6.27. The van der Waals surface area contributed by atoms with Crippen molar-refractivity contribution in [3.8, 4) is 0 Å². The Morgan fingerprint density at radius 2 is 1.67 bits per heavy atom. The fourth-order valence-electron chi connectivity index (χ4n) is 2.04. The third-order valence-electron chi connectivity index (χ3n) is 2.54. The van der Waals surface area contributed by atoms with Gasteiger partial charge in [-0.25, -0.2) is 0 Å². The summed E-state index contributed by atoms with van der Waals surface area (Å²) in [6.07, 6.45) is 2.61. The number of thioether (sulfide) groups is 1. The third kappa shape index (κ3) is 0.987. The Morgan fingerprint density at radius 1 is 1.11 bits per heavy atom. The van der Waals surface area contributed by atoms with Crippen molar-refractivity contribution in [3.05, 3.63) is 0 Å². The van der Waals surface area contributed by atoms with Gasteiger partial charge in [-0.3, -0.25) is 0 Å². The van der Waals surface area contributed by atoms with Crippen LogP contribution in [-0.2, 0) is 0 Å². The van der Waals surface area contributed by atoms with Gasteiger partial charge in [-0.2, -0.15) is 11.8 Å². The molecule has 2 fully saturated rings. The van der Waals surface area contributed by atoms with Crippen LogP contribution >= 0.6 is 11.8 Å². The first-order valence-corrected chi connectivity index (χ1v) is 4.85. The van der Waals surface area contributed by atoms with Crippen LogP contribution < -0.4 is 5.73 Å². The zero-order valence-corrected chi connectivity index (χ0v) is 6.36. The van der Waals surface area contributed by atoms with Gasteiger partial charge in [0.05, 0.1) is 0 Å². The van der Waals surface area contributed by atoms with Crippen molar-refractivity contribution in [1.29, 1.82) is 0 Å². The monoisotopic (exact) mass is 143 g/mol. The molecule has 2 heteroatoms. The molecule has 0 aromatic carbocycles. The van der Waals surface area contributed by atoms with Gasteiger partial charge in [0.15, 0.2) is 0 Å². The molecule has 1 aliphatic carbocycles. The molecule has 2 aliphatic rings. The predicted molar refractivity (Wildman–Crippen MR) is 41.5 cm³/mol. The Kier molecular flexibility index (Phi) is 1.46. The van der Waals surface area contributed by atoms with Crippen LogP contribution in [0.3, 0.4) is 0 Å². The maximum absolute atomic E-state index is 5.82. The van der Waals surface area contributed by atoms with E-state index in [0.29, 0.717) is 6.04 Å². The van der Waals surface area contributed by atoms with Crippen LogP contribution in [0, 0.1) is 11.8 Å². The van der Waals surface area contributed by atoms with Crippen LogP contribution in [0.1, 0.15) is 12.8 Å². The van der Waals surface area contributed by atoms with Gasteiger partial charge in [0.25, 0.3) is 0 Å². The summed E-state index contributed by atoms with van der Waals surface area (Å²) in [5.74, 6) is 4.76. The second-order valence-corrected chi connectivity index (χ2v) is 4.36. The summed E-state index contributed by atoms with van der Waals surface area (Å²) >= 11 is 2.11. The highest BCUT2D eigenvalue weighted by Gasteiger charge is 2.35. The van der Waals surface area contributed by atoms with E-state index in [2.05, 4.69) is 11.8 Å². The topological polar surface area (TPSA) is 26.0 Å². The van der Waals surface area contributed by atoms with Crippen molar-refractivity contribution >= 4 is 11.8 Å². The Morgan fingerprint density at radius 3 is 2.22 bits per heavy atom. The molecular formula is C7H13NS. The first-order valence-electron chi connectivity index (χ1n) is 3.69. The van der Waals surface area contributed by atoms with Crippen molar-refractivity contribution in [3.63, 3.8) is 0 Å². The van der Waals surface area contributed by atoms with Crippen LogP contribution in [-0.4, -0.2) is 17.5 Å². The van der Waals surface area contributed by atoms with Crippen LogP contribution in [0.25, 0.3) is 0 Å². The van der Waals surface area contributed by atoms with Gasteiger partial charge in [-0.15, -0.1) is 0 Å². The van der Waals surface area contributed by atoms with E-state index in [9.17, 15) is 0 Å². The first-order chi connectivity index (χ1) is 4.36. The highest BCUT2D eigenvalue weighted by atomic mass is 32.2. The second-order valence-electron chi connectivity index (χ2n) is 3.29. The molecule has 1 heterocycles. The van der Waals surface area contributed by atoms with E-state index in [1.54, 1.807) is 0 Å². The number of hydrogen-bond donors (Lipinski definition) is 1. The van der Waals surface area contributed by atoms with Gasteiger partial charge in [0, 0.05) is 6.04 Å². The summed E-state index contributed by atoms with van der Waals surface area (Å²) in [7, 11) is 0. The first kappa shape index (κ1) is 6.05. The van der Waals surface area contributed by atoms with Crippen molar-refractivity contribution in [1.82, 2.24) is 0 Å². The van der Waals surface area contributed by atoms with E-state index < -0.39 is 0 Å². The molecule has 1 nitrogen and oxygen atoms in total. The summed E-state index contributed by atoms with van der Waals surface area (Å²) in [6, 6.07) is 0.542. The van der Waals surface area contributed by atoms with Crippen LogP contribution in [0.2, 0.25) is 0 Å². The molecule has 3 atom stereocenters. The zero-order valence-electron chi connectivity index (χ0n) is 5.55. The van der Waals surface area contributed by atoms with Crippen LogP contribution in [0.5, 0.6) is 0 Å². The van der Waals surface area contributed by atoms with Gasteiger partial charge in [-0.1, -0.05) is 0 Å². The van der Waals surface area contributed by atoms with E-state index >= 15 is 0 Å². The SMILES string of the molecule is N[C@@H]1C[C@H]2CSC[C@H]2C1. The van der Waals surface area contributed by atoms with E-state index in [1.165, 1.54) is 24.3 Å². The van der Waals surface area contributed by atoms with E-state index in [-0.39, 0.29) is 0 Å². The van der Waals surface area contributed by atoms with E-state index in [1.807, 2.05) is 0 Å². The maximum Gasteiger partial charge on any atom is 0.00449 e. The average Bonchev–Trinajstić information content (AvgIpc) is 2.22. The van der Waals surface area contributed by atoms with Gasteiger partial charge < -0.3 is 5.73 Å². The van der Waals surface area contributed by atoms with Gasteiger partial charge >= 0.3 is 0 Å². The second kappa shape index (κ2) is 2.17. The molecule has 0 aromatic rings. The van der Waals surface area contributed by atoms with Gasteiger partial charge in [-0.05, 0) is 36.2 Å². The summed E-state index contributed by atoms with van der Waals surface area (Å²) in [4.78, 5) is 0. The van der Waals surface area contributed by atoms with Crippen LogP contribution in [0.15, 0.2) is 0 Å². The van der Waals surface area contributed by atoms with Crippen molar-refractivity contribution < 1.29 is 0 Å². The molecule has 0 radical (unpaired) electrons. The van der Waals surface area contributed by atoms with E-state index in [0.717, 1.165) is 11.8 Å². The molecule has 0 amide bonds. The minimum atomic E-state index is 0.542. The van der Waals surface area contributed by atoms with Gasteiger partial charge in [0.1, 0.15) is 0 Å². The molecule has 1 aliphatic heterocycles. The molecule has 2 rings (SSSR count). The molecular weight excluding hydrogens is 130 g/mol. The minimum Gasteiger partial charge on any atom is -0.328 e. The summed E-state index contributed by atoms with van der Waals surface area (Å²) < 4.78 is 0. The molecule has 1 saturated heterocycles. The fourth-order valence-corrected chi connectivity index (χ4v) is 3.60. The molecule has 52 valence electrons. The highest BCUT2D eigenvalue weighted by molar-refractivity contribution is 7.99. The van der Waals surface area contributed by atoms with E-state index in [4.69, 9.17) is 5.73 Å². The fraction of sp³-hybridized carbons (Fsp3) is 1.00. The smallest absolute Gasteiger partial charge is 0.00449 e. The third-order valence-corrected chi connectivity index (χ3v) is 3.87. The highest BCUT2D eigenvalue weighted by Crippen LogP contribution is 2.41. The Balaban J connectivity index is 2.02. The Labute approximate surface area is 60.4 Å². The average molecular weight is 143 g/mol. The lowest BCUT2D eigenvalue weighted by Gasteiger charge is -2.02. The van der Waals surface area contributed by atoms with Crippen LogP contribution in [0.4, 0.5) is 0 Å². The quantitative estimate of drug-likeness (QED) is 0.549. The molecule has 0 unspecified atom stereocenters. The van der Waals surface area contributed by atoms with Crippen molar-refractivity contribution in [2.45, 2.75) is 18.9 Å². The lowest BCUT2D eigenvalue weighted by atomic mass is 10.0. The number of nitrogens with two attached hydrogens (primary N) is 1. The lowest BCUT2D eigenvalue weighted by Crippen LogP contribution is -2.15.